The van der Waals surface area contributed by atoms with E-state index in [2.05, 4.69) is 10.1 Å². The molecule has 0 radical (unpaired) electrons. The molecule has 90 valence electrons. The van der Waals surface area contributed by atoms with Gasteiger partial charge in [-0.25, -0.2) is 9.50 Å². The molecule has 3 rings (SSSR count). The first-order valence-corrected chi connectivity index (χ1v) is 6.21. The summed E-state index contributed by atoms with van der Waals surface area (Å²) in [7, 11) is 0. The van der Waals surface area contributed by atoms with E-state index in [0.29, 0.717) is 11.3 Å². The fraction of sp³-hybridized carbons (Fsp3) is 0.0833. The van der Waals surface area contributed by atoms with E-state index in [0.717, 1.165) is 10.6 Å². The summed E-state index contributed by atoms with van der Waals surface area (Å²) in [6.45, 7) is 0. The monoisotopic (exact) mass is 259 g/mol. The van der Waals surface area contributed by atoms with Gasteiger partial charge in [0.15, 0.2) is 5.65 Å². The van der Waals surface area contributed by atoms with Crippen molar-refractivity contribution in [3.8, 4) is 10.6 Å². The zero-order valence-electron chi connectivity index (χ0n) is 9.28. The maximum absolute atomic E-state index is 10.8. The maximum atomic E-state index is 10.8. The fourth-order valence-electron chi connectivity index (χ4n) is 1.75. The Morgan fingerprint density at radius 3 is 3.00 bits per heavy atom. The smallest absolute Gasteiger partial charge is 0.309 e. The molecule has 0 aromatic carbocycles. The molecule has 18 heavy (non-hydrogen) atoms. The molecule has 1 N–H and O–H groups in total. The van der Waals surface area contributed by atoms with Crippen LogP contribution in [0.25, 0.3) is 16.2 Å². The third kappa shape index (κ3) is 1.86. The van der Waals surface area contributed by atoms with Crippen molar-refractivity contribution < 1.29 is 9.90 Å². The van der Waals surface area contributed by atoms with Crippen molar-refractivity contribution in [2.24, 2.45) is 0 Å². The lowest BCUT2D eigenvalue weighted by atomic mass is 10.3. The molecule has 0 saturated heterocycles. The molecule has 0 atom stereocenters. The lowest BCUT2D eigenvalue weighted by Gasteiger charge is -2.01. The number of imidazole rings is 1. The number of aliphatic carboxylic acids is 1. The van der Waals surface area contributed by atoms with E-state index < -0.39 is 5.97 Å². The highest BCUT2D eigenvalue weighted by Gasteiger charge is 2.10. The molecule has 3 heterocycles. The molecular formula is C12H9N3O2S. The van der Waals surface area contributed by atoms with Gasteiger partial charge in [-0.3, -0.25) is 4.79 Å². The van der Waals surface area contributed by atoms with Crippen LogP contribution in [0.15, 0.2) is 35.8 Å². The van der Waals surface area contributed by atoms with Crippen molar-refractivity contribution in [2.75, 3.05) is 0 Å². The second kappa shape index (κ2) is 4.23. The number of carbonyl (C=O) groups is 1. The first kappa shape index (κ1) is 10.9. The summed E-state index contributed by atoms with van der Waals surface area (Å²) in [5.41, 5.74) is 2.06. The summed E-state index contributed by atoms with van der Waals surface area (Å²) < 4.78 is 1.59. The number of thiophene rings is 1. The maximum Gasteiger partial charge on any atom is 0.309 e. The Kier molecular flexibility index (Phi) is 2.56. The fourth-order valence-corrected chi connectivity index (χ4v) is 2.44. The van der Waals surface area contributed by atoms with Gasteiger partial charge in [0.1, 0.15) is 5.69 Å². The van der Waals surface area contributed by atoms with Gasteiger partial charge in [-0.1, -0.05) is 6.07 Å². The van der Waals surface area contributed by atoms with E-state index in [1.165, 1.54) is 0 Å². The zero-order chi connectivity index (χ0) is 12.5. The van der Waals surface area contributed by atoms with Gasteiger partial charge in [0.25, 0.3) is 0 Å². The molecule has 0 fully saturated rings. The minimum atomic E-state index is -0.889. The average Bonchev–Trinajstić information content (AvgIpc) is 2.98. The van der Waals surface area contributed by atoms with Crippen LogP contribution in [0.2, 0.25) is 0 Å². The predicted octanol–water partition coefficient (Wildman–Crippen LogP) is 2.08. The van der Waals surface area contributed by atoms with E-state index in [-0.39, 0.29) is 6.42 Å². The first-order valence-electron chi connectivity index (χ1n) is 5.33. The van der Waals surface area contributed by atoms with Crippen molar-refractivity contribution in [3.63, 3.8) is 0 Å². The molecule has 0 saturated carbocycles. The molecule has 0 spiro atoms. The van der Waals surface area contributed by atoms with Crippen LogP contribution in [0, 0.1) is 0 Å². The van der Waals surface area contributed by atoms with Crippen molar-refractivity contribution in [1.82, 2.24) is 14.6 Å². The number of hydrogen-bond donors (Lipinski definition) is 1. The van der Waals surface area contributed by atoms with Crippen molar-refractivity contribution in [3.05, 3.63) is 41.5 Å². The molecule has 5 nitrogen and oxygen atoms in total. The topological polar surface area (TPSA) is 67.5 Å². The van der Waals surface area contributed by atoms with E-state index >= 15 is 0 Å². The number of fused-ring (bicyclic) bond motifs is 1. The van der Waals surface area contributed by atoms with Crippen LogP contribution in [-0.2, 0) is 11.2 Å². The molecule has 0 aliphatic rings. The third-order valence-corrected chi connectivity index (χ3v) is 3.43. The van der Waals surface area contributed by atoms with E-state index in [4.69, 9.17) is 5.11 Å². The van der Waals surface area contributed by atoms with Gasteiger partial charge in [0.2, 0.25) is 0 Å². The summed E-state index contributed by atoms with van der Waals surface area (Å²) in [6, 6.07) is 7.66. The Bertz CT molecular complexity index is 703. The van der Waals surface area contributed by atoms with Crippen molar-refractivity contribution in [2.45, 2.75) is 6.42 Å². The highest BCUT2D eigenvalue weighted by molar-refractivity contribution is 7.13. The molecule has 3 aromatic heterocycles. The molecule has 6 heteroatoms. The van der Waals surface area contributed by atoms with Crippen LogP contribution in [0.3, 0.4) is 0 Å². The lowest BCUT2D eigenvalue weighted by molar-refractivity contribution is -0.136. The first-order chi connectivity index (χ1) is 8.74. The second-order valence-electron chi connectivity index (χ2n) is 3.79. The molecule has 0 bridgehead atoms. The van der Waals surface area contributed by atoms with Crippen LogP contribution < -0.4 is 0 Å². The van der Waals surface area contributed by atoms with Crippen LogP contribution in [0.1, 0.15) is 5.69 Å². The lowest BCUT2D eigenvalue weighted by Crippen LogP contribution is -2.05. The molecule has 3 aromatic rings. The predicted molar refractivity (Wildman–Crippen MR) is 67.6 cm³/mol. The second-order valence-corrected chi connectivity index (χ2v) is 4.73. The number of aromatic nitrogens is 3. The quantitative estimate of drug-likeness (QED) is 0.782. The molecule has 0 aliphatic carbocycles. The summed E-state index contributed by atoms with van der Waals surface area (Å²) in [5.74, 6) is -0.889. The highest BCUT2D eigenvalue weighted by Crippen LogP contribution is 2.22. The molecule has 0 aliphatic heterocycles. The highest BCUT2D eigenvalue weighted by atomic mass is 32.1. The minimum absolute atomic E-state index is 0.0813. The Labute approximate surface area is 106 Å². The van der Waals surface area contributed by atoms with Gasteiger partial charge < -0.3 is 5.11 Å². The van der Waals surface area contributed by atoms with Crippen LogP contribution in [0.4, 0.5) is 0 Å². The zero-order valence-corrected chi connectivity index (χ0v) is 10.1. The summed E-state index contributed by atoms with van der Waals surface area (Å²) in [4.78, 5) is 15.9. The number of carboxylic acids is 1. The number of rotatable bonds is 3. The standard InChI is InChI=1S/C12H9N3O2S/c16-12(17)6-8-7-13-11-4-3-9(14-15(8)11)10-2-1-5-18-10/h1-5,7H,6H2,(H,16,17). The van der Waals surface area contributed by atoms with Crippen LogP contribution in [0.5, 0.6) is 0 Å². The van der Waals surface area contributed by atoms with Gasteiger partial charge >= 0.3 is 5.97 Å². The van der Waals surface area contributed by atoms with Gasteiger partial charge in [-0.15, -0.1) is 11.3 Å². The number of nitrogens with zero attached hydrogens (tertiary/aromatic N) is 3. The SMILES string of the molecule is O=C(O)Cc1cnc2ccc(-c3cccs3)nn12. The summed E-state index contributed by atoms with van der Waals surface area (Å²) in [6.07, 6.45) is 1.47. The Morgan fingerprint density at radius 1 is 1.39 bits per heavy atom. The van der Waals surface area contributed by atoms with Crippen LogP contribution in [-0.4, -0.2) is 25.7 Å². The van der Waals surface area contributed by atoms with Gasteiger partial charge in [-0.05, 0) is 23.6 Å². The average molecular weight is 259 g/mol. The Hall–Kier alpha value is -2.21. The van der Waals surface area contributed by atoms with Crippen molar-refractivity contribution >= 4 is 23.0 Å². The molecule has 0 amide bonds. The summed E-state index contributed by atoms with van der Waals surface area (Å²) >= 11 is 1.59. The number of hydrogen-bond acceptors (Lipinski definition) is 4. The Morgan fingerprint density at radius 2 is 2.28 bits per heavy atom. The Balaban J connectivity index is 2.12. The van der Waals surface area contributed by atoms with Gasteiger partial charge in [0, 0.05) is 0 Å². The largest absolute Gasteiger partial charge is 0.481 e. The molecule has 0 unspecified atom stereocenters. The van der Waals surface area contributed by atoms with Crippen molar-refractivity contribution in [1.29, 1.82) is 0 Å². The summed E-state index contributed by atoms with van der Waals surface area (Å²) in [5, 5.41) is 15.2. The van der Waals surface area contributed by atoms with Gasteiger partial charge in [0.05, 0.1) is 23.2 Å². The van der Waals surface area contributed by atoms with E-state index in [9.17, 15) is 4.79 Å². The minimum Gasteiger partial charge on any atom is -0.481 e. The van der Waals surface area contributed by atoms with Gasteiger partial charge in [-0.2, -0.15) is 5.10 Å². The normalized spacial score (nSPS) is 10.9. The third-order valence-electron chi connectivity index (χ3n) is 2.54. The van der Waals surface area contributed by atoms with Crippen LogP contribution >= 0.6 is 11.3 Å². The number of carboxylic acid groups (broad SMARTS) is 1. The molecular weight excluding hydrogens is 250 g/mol. The van der Waals surface area contributed by atoms with E-state index in [1.54, 1.807) is 22.0 Å². The van der Waals surface area contributed by atoms with E-state index in [1.807, 2.05) is 29.6 Å².